The first kappa shape index (κ1) is 14.3. The SMILES string of the molecule is N#Cc1cc2c(nc1S(=O)(=O)CCCCl)CCCC2. The van der Waals surface area contributed by atoms with Gasteiger partial charge in [-0.25, -0.2) is 13.4 Å². The molecule has 0 unspecified atom stereocenters. The van der Waals surface area contributed by atoms with Gasteiger partial charge >= 0.3 is 0 Å². The lowest BCUT2D eigenvalue weighted by atomic mass is 9.95. The highest BCUT2D eigenvalue weighted by Crippen LogP contribution is 2.24. The summed E-state index contributed by atoms with van der Waals surface area (Å²) in [5.41, 5.74) is 2.00. The van der Waals surface area contributed by atoms with E-state index in [9.17, 15) is 8.42 Å². The van der Waals surface area contributed by atoms with Gasteiger partial charge in [0.05, 0.1) is 11.3 Å². The maximum Gasteiger partial charge on any atom is 0.197 e. The number of fused-ring (bicyclic) bond motifs is 1. The molecule has 0 amide bonds. The van der Waals surface area contributed by atoms with E-state index in [2.05, 4.69) is 4.98 Å². The Labute approximate surface area is 118 Å². The molecule has 0 fully saturated rings. The molecule has 1 aliphatic rings. The van der Waals surface area contributed by atoms with Gasteiger partial charge in [-0.2, -0.15) is 5.26 Å². The van der Waals surface area contributed by atoms with E-state index in [0.29, 0.717) is 6.42 Å². The number of halogens is 1. The van der Waals surface area contributed by atoms with E-state index in [1.807, 2.05) is 6.07 Å². The molecule has 0 radical (unpaired) electrons. The summed E-state index contributed by atoms with van der Waals surface area (Å²) in [4.78, 5) is 4.26. The van der Waals surface area contributed by atoms with Crippen LogP contribution in [0.3, 0.4) is 0 Å². The van der Waals surface area contributed by atoms with Gasteiger partial charge in [0.2, 0.25) is 0 Å². The molecule has 1 aromatic heterocycles. The average molecular weight is 299 g/mol. The lowest BCUT2D eigenvalue weighted by molar-refractivity contribution is 0.587. The third-order valence-corrected chi connectivity index (χ3v) is 5.22. The number of pyridine rings is 1. The molecule has 19 heavy (non-hydrogen) atoms. The van der Waals surface area contributed by atoms with Crippen molar-refractivity contribution >= 4 is 21.4 Å². The molecule has 1 aliphatic carbocycles. The molecular weight excluding hydrogens is 284 g/mol. The number of aryl methyl sites for hydroxylation is 2. The third-order valence-electron chi connectivity index (χ3n) is 3.23. The van der Waals surface area contributed by atoms with Crippen molar-refractivity contribution in [1.82, 2.24) is 4.98 Å². The molecule has 2 rings (SSSR count). The van der Waals surface area contributed by atoms with E-state index in [1.54, 1.807) is 6.07 Å². The molecule has 102 valence electrons. The summed E-state index contributed by atoms with van der Waals surface area (Å²) in [5.74, 6) is 0.225. The maximum atomic E-state index is 12.2. The molecule has 1 aromatic rings. The Morgan fingerprint density at radius 2 is 2.11 bits per heavy atom. The normalized spacial score (nSPS) is 14.7. The van der Waals surface area contributed by atoms with Crippen molar-refractivity contribution in [2.75, 3.05) is 11.6 Å². The smallest absolute Gasteiger partial charge is 0.197 e. The number of nitriles is 1. The van der Waals surface area contributed by atoms with E-state index in [4.69, 9.17) is 16.9 Å². The summed E-state index contributed by atoms with van der Waals surface area (Å²) in [6, 6.07) is 3.64. The topological polar surface area (TPSA) is 70.8 Å². The Morgan fingerprint density at radius 3 is 2.79 bits per heavy atom. The van der Waals surface area contributed by atoms with Gasteiger partial charge < -0.3 is 0 Å². The Bertz CT molecular complexity index is 620. The van der Waals surface area contributed by atoms with Crippen LogP contribution in [0.1, 0.15) is 36.1 Å². The molecule has 4 nitrogen and oxygen atoms in total. The second-order valence-corrected chi connectivity index (χ2v) is 7.03. The van der Waals surface area contributed by atoms with E-state index >= 15 is 0 Å². The number of sulfone groups is 1. The summed E-state index contributed by atoms with van der Waals surface area (Å²) < 4.78 is 24.4. The van der Waals surface area contributed by atoms with Crippen LogP contribution in [0.4, 0.5) is 0 Å². The van der Waals surface area contributed by atoms with Gasteiger partial charge in [-0.15, -0.1) is 11.6 Å². The first-order valence-corrected chi connectivity index (χ1v) is 8.49. The van der Waals surface area contributed by atoms with Crippen molar-refractivity contribution in [3.05, 3.63) is 22.9 Å². The zero-order chi connectivity index (χ0) is 13.9. The van der Waals surface area contributed by atoms with Crippen molar-refractivity contribution in [2.45, 2.75) is 37.1 Å². The molecular formula is C13H15ClN2O2S. The summed E-state index contributed by atoms with van der Waals surface area (Å²) in [7, 11) is -3.52. The van der Waals surface area contributed by atoms with Crippen LogP contribution < -0.4 is 0 Å². The summed E-state index contributed by atoms with van der Waals surface area (Å²) >= 11 is 5.53. The first-order valence-electron chi connectivity index (χ1n) is 6.30. The zero-order valence-electron chi connectivity index (χ0n) is 10.5. The third kappa shape index (κ3) is 3.07. The van der Waals surface area contributed by atoms with Crippen molar-refractivity contribution in [3.63, 3.8) is 0 Å². The van der Waals surface area contributed by atoms with Crippen LogP contribution in [-0.4, -0.2) is 25.0 Å². The minimum Gasteiger partial charge on any atom is -0.240 e. The number of nitrogens with zero attached hydrogens (tertiary/aromatic N) is 2. The Hall–Kier alpha value is -1.12. The van der Waals surface area contributed by atoms with E-state index in [-0.39, 0.29) is 22.2 Å². The highest BCUT2D eigenvalue weighted by Gasteiger charge is 2.23. The number of hydrogen-bond donors (Lipinski definition) is 0. The Kier molecular flexibility index (Phi) is 4.43. The minimum atomic E-state index is -3.52. The molecule has 0 atom stereocenters. The number of hydrogen-bond acceptors (Lipinski definition) is 4. The maximum absolute atomic E-state index is 12.2. The van der Waals surface area contributed by atoms with Crippen molar-refractivity contribution in [3.8, 4) is 6.07 Å². The van der Waals surface area contributed by atoms with Crippen LogP contribution in [-0.2, 0) is 22.7 Å². The molecule has 0 spiro atoms. The molecule has 6 heteroatoms. The number of alkyl halides is 1. The van der Waals surface area contributed by atoms with Crippen LogP contribution in [0, 0.1) is 11.3 Å². The van der Waals surface area contributed by atoms with Crippen LogP contribution in [0.5, 0.6) is 0 Å². The summed E-state index contributed by atoms with van der Waals surface area (Å²) in [6.45, 7) is 0. The van der Waals surface area contributed by atoms with Gasteiger partial charge in [0.1, 0.15) is 6.07 Å². The molecule has 1 heterocycles. The summed E-state index contributed by atoms with van der Waals surface area (Å²) in [6.07, 6.45) is 4.12. The Balaban J connectivity index is 2.48. The van der Waals surface area contributed by atoms with E-state index < -0.39 is 9.84 Å². The lowest BCUT2D eigenvalue weighted by Gasteiger charge is -2.16. The van der Waals surface area contributed by atoms with Gasteiger partial charge in [-0.05, 0) is 43.7 Å². The van der Waals surface area contributed by atoms with Gasteiger partial charge in [0.25, 0.3) is 0 Å². The fourth-order valence-corrected chi connectivity index (χ4v) is 3.97. The van der Waals surface area contributed by atoms with Gasteiger partial charge in [-0.3, -0.25) is 0 Å². The fourth-order valence-electron chi connectivity index (χ4n) is 2.27. The molecule has 0 saturated heterocycles. The molecule has 0 aliphatic heterocycles. The van der Waals surface area contributed by atoms with Crippen LogP contribution in [0.25, 0.3) is 0 Å². The highest BCUT2D eigenvalue weighted by molar-refractivity contribution is 7.91. The first-order chi connectivity index (χ1) is 9.08. The quantitative estimate of drug-likeness (QED) is 0.799. The van der Waals surface area contributed by atoms with Gasteiger partial charge in [-0.1, -0.05) is 0 Å². The predicted molar refractivity (Wildman–Crippen MR) is 73.0 cm³/mol. The Morgan fingerprint density at radius 1 is 1.37 bits per heavy atom. The van der Waals surface area contributed by atoms with Crippen LogP contribution in [0.15, 0.2) is 11.1 Å². The zero-order valence-corrected chi connectivity index (χ0v) is 12.1. The fraction of sp³-hybridized carbons (Fsp3) is 0.538. The predicted octanol–water partition coefficient (Wildman–Crippen LogP) is 2.23. The number of aromatic nitrogens is 1. The van der Waals surface area contributed by atoms with Crippen LogP contribution >= 0.6 is 11.6 Å². The highest BCUT2D eigenvalue weighted by atomic mass is 35.5. The molecule has 0 N–H and O–H groups in total. The second-order valence-electron chi connectivity index (χ2n) is 4.63. The lowest BCUT2D eigenvalue weighted by Crippen LogP contribution is -2.15. The van der Waals surface area contributed by atoms with Crippen LogP contribution in [0.2, 0.25) is 0 Å². The standard InChI is InChI=1S/C13H15ClN2O2S/c14-6-3-7-19(17,18)13-11(9-15)8-10-4-1-2-5-12(10)16-13/h8H,1-7H2. The van der Waals surface area contributed by atoms with E-state index in [1.165, 1.54) is 0 Å². The van der Waals surface area contributed by atoms with E-state index in [0.717, 1.165) is 36.9 Å². The molecule has 0 bridgehead atoms. The minimum absolute atomic E-state index is 0.0586. The average Bonchev–Trinajstić information content (AvgIpc) is 2.43. The van der Waals surface area contributed by atoms with Crippen molar-refractivity contribution in [1.29, 1.82) is 5.26 Å². The largest absolute Gasteiger partial charge is 0.240 e. The summed E-state index contributed by atoms with van der Waals surface area (Å²) in [5, 5.41) is 9.06. The number of rotatable bonds is 4. The van der Waals surface area contributed by atoms with Crippen molar-refractivity contribution in [2.24, 2.45) is 0 Å². The second kappa shape index (κ2) is 5.89. The van der Waals surface area contributed by atoms with Crippen molar-refractivity contribution < 1.29 is 8.42 Å². The molecule has 0 aromatic carbocycles. The van der Waals surface area contributed by atoms with Gasteiger partial charge in [0, 0.05) is 11.6 Å². The molecule has 0 saturated carbocycles. The van der Waals surface area contributed by atoms with Gasteiger partial charge in [0.15, 0.2) is 14.9 Å². The monoisotopic (exact) mass is 298 g/mol.